The molecule has 0 aliphatic carbocycles. The topological polar surface area (TPSA) is 56.8 Å². The predicted molar refractivity (Wildman–Crippen MR) is 102 cm³/mol. The number of carbonyl (C=O) groups excluding carboxylic acids is 1. The maximum Gasteiger partial charge on any atom is 0.220 e. The van der Waals surface area contributed by atoms with Crippen molar-refractivity contribution in [2.45, 2.75) is 25.7 Å². The molecule has 2 aromatic carbocycles. The smallest absolute Gasteiger partial charge is 0.220 e. The van der Waals surface area contributed by atoms with Gasteiger partial charge >= 0.3 is 0 Å². The first-order valence-electron chi connectivity index (χ1n) is 8.76. The standard InChI is InChI=1S/C21H27NO4/c1-24-18-10-6-16(7-11-18)9-13-21(23)22-14-4-5-17-8-12-19(25-2)20(15-17)26-3/h6-8,10-12,15H,4-5,9,13-14H2,1-3H3,(H,22,23). The van der Waals surface area contributed by atoms with Gasteiger partial charge in [-0.15, -0.1) is 0 Å². The predicted octanol–water partition coefficient (Wildman–Crippen LogP) is 3.39. The Morgan fingerprint density at radius 2 is 1.54 bits per heavy atom. The van der Waals surface area contributed by atoms with Crippen LogP contribution in [0, 0.1) is 0 Å². The highest BCUT2D eigenvalue weighted by Gasteiger charge is 2.05. The van der Waals surface area contributed by atoms with E-state index in [9.17, 15) is 4.79 Å². The van der Waals surface area contributed by atoms with E-state index in [1.807, 2.05) is 42.5 Å². The number of aryl methyl sites for hydroxylation is 2. The van der Waals surface area contributed by atoms with Crippen molar-refractivity contribution in [3.8, 4) is 17.2 Å². The van der Waals surface area contributed by atoms with Crippen LogP contribution in [0.4, 0.5) is 0 Å². The van der Waals surface area contributed by atoms with Crippen molar-refractivity contribution < 1.29 is 19.0 Å². The minimum atomic E-state index is 0.0770. The third-order valence-corrected chi connectivity index (χ3v) is 4.21. The van der Waals surface area contributed by atoms with Crippen LogP contribution >= 0.6 is 0 Å². The van der Waals surface area contributed by atoms with Crippen LogP contribution in [0.1, 0.15) is 24.0 Å². The van der Waals surface area contributed by atoms with E-state index in [1.165, 1.54) is 0 Å². The fourth-order valence-corrected chi connectivity index (χ4v) is 2.69. The highest BCUT2D eigenvalue weighted by Crippen LogP contribution is 2.27. The molecule has 0 bridgehead atoms. The summed E-state index contributed by atoms with van der Waals surface area (Å²) < 4.78 is 15.7. The summed E-state index contributed by atoms with van der Waals surface area (Å²) in [6, 6.07) is 13.7. The molecule has 1 amide bonds. The van der Waals surface area contributed by atoms with E-state index >= 15 is 0 Å². The molecular weight excluding hydrogens is 330 g/mol. The second-order valence-electron chi connectivity index (χ2n) is 5.99. The lowest BCUT2D eigenvalue weighted by Crippen LogP contribution is -2.24. The molecule has 0 heterocycles. The monoisotopic (exact) mass is 357 g/mol. The van der Waals surface area contributed by atoms with Gasteiger partial charge < -0.3 is 19.5 Å². The zero-order valence-corrected chi connectivity index (χ0v) is 15.7. The minimum Gasteiger partial charge on any atom is -0.497 e. The fraction of sp³-hybridized carbons (Fsp3) is 0.381. The molecule has 5 nitrogen and oxygen atoms in total. The molecule has 26 heavy (non-hydrogen) atoms. The van der Waals surface area contributed by atoms with E-state index in [4.69, 9.17) is 14.2 Å². The maximum atomic E-state index is 12.0. The van der Waals surface area contributed by atoms with Gasteiger partial charge in [0, 0.05) is 13.0 Å². The van der Waals surface area contributed by atoms with E-state index in [0.717, 1.165) is 47.6 Å². The van der Waals surface area contributed by atoms with Gasteiger partial charge in [0.25, 0.3) is 0 Å². The Morgan fingerprint density at radius 1 is 0.846 bits per heavy atom. The van der Waals surface area contributed by atoms with Crippen molar-refractivity contribution in [1.29, 1.82) is 0 Å². The van der Waals surface area contributed by atoms with Crippen molar-refractivity contribution >= 4 is 5.91 Å². The van der Waals surface area contributed by atoms with E-state index in [1.54, 1.807) is 21.3 Å². The Labute approximate surface area is 155 Å². The molecule has 0 aliphatic heterocycles. The van der Waals surface area contributed by atoms with Gasteiger partial charge in [0.05, 0.1) is 21.3 Å². The van der Waals surface area contributed by atoms with Gasteiger partial charge in [-0.2, -0.15) is 0 Å². The van der Waals surface area contributed by atoms with Crippen LogP contribution in [0.15, 0.2) is 42.5 Å². The molecule has 0 saturated carbocycles. The molecule has 0 aromatic heterocycles. The molecule has 140 valence electrons. The number of hydrogen-bond donors (Lipinski definition) is 1. The summed E-state index contributed by atoms with van der Waals surface area (Å²) in [6.07, 6.45) is 2.97. The first-order chi connectivity index (χ1) is 12.7. The van der Waals surface area contributed by atoms with Crippen LogP contribution in [-0.2, 0) is 17.6 Å². The zero-order chi connectivity index (χ0) is 18.8. The summed E-state index contributed by atoms with van der Waals surface area (Å²) >= 11 is 0. The molecule has 0 spiro atoms. The number of amides is 1. The number of hydrogen-bond acceptors (Lipinski definition) is 4. The molecule has 0 aliphatic rings. The molecule has 2 aromatic rings. The van der Waals surface area contributed by atoms with E-state index in [2.05, 4.69) is 5.32 Å². The molecule has 5 heteroatoms. The Kier molecular flexibility index (Phi) is 7.80. The van der Waals surface area contributed by atoms with Crippen LogP contribution < -0.4 is 19.5 Å². The van der Waals surface area contributed by atoms with Gasteiger partial charge in [-0.3, -0.25) is 4.79 Å². The summed E-state index contributed by atoms with van der Waals surface area (Å²) in [4.78, 5) is 12.0. The quantitative estimate of drug-likeness (QED) is 0.662. The van der Waals surface area contributed by atoms with Gasteiger partial charge in [-0.05, 0) is 54.7 Å². The number of rotatable bonds is 10. The lowest BCUT2D eigenvalue weighted by molar-refractivity contribution is -0.121. The van der Waals surface area contributed by atoms with Crippen molar-refractivity contribution in [3.63, 3.8) is 0 Å². The first kappa shape index (κ1) is 19.6. The average Bonchev–Trinajstić information content (AvgIpc) is 2.69. The summed E-state index contributed by atoms with van der Waals surface area (Å²) in [6.45, 7) is 0.662. The molecule has 1 N–H and O–H groups in total. The third-order valence-electron chi connectivity index (χ3n) is 4.21. The van der Waals surface area contributed by atoms with Crippen LogP contribution in [-0.4, -0.2) is 33.8 Å². The van der Waals surface area contributed by atoms with E-state index < -0.39 is 0 Å². The van der Waals surface area contributed by atoms with Crippen molar-refractivity contribution in [2.75, 3.05) is 27.9 Å². The summed E-state index contributed by atoms with van der Waals surface area (Å²) in [5, 5.41) is 2.98. The van der Waals surface area contributed by atoms with Gasteiger partial charge in [0.2, 0.25) is 5.91 Å². The minimum absolute atomic E-state index is 0.0770. The van der Waals surface area contributed by atoms with E-state index in [-0.39, 0.29) is 5.91 Å². The van der Waals surface area contributed by atoms with Gasteiger partial charge in [0.15, 0.2) is 11.5 Å². The SMILES string of the molecule is COc1ccc(CCC(=O)NCCCc2ccc(OC)c(OC)c2)cc1. The van der Waals surface area contributed by atoms with Crippen LogP contribution in [0.25, 0.3) is 0 Å². The molecule has 0 saturated heterocycles. The lowest BCUT2D eigenvalue weighted by atomic mass is 10.1. The highest BCUT2D eigenvalue weighted by atomic mass is 16.5. The summed E-state index contributed by atoms with van der Waals surface area (Å²) in [5.41, 5.74) is 2.29. The van der Waals surface area contributed by atoms with Gasteiger partial charge in [-0.1, -0.05) is 18.2 Å². The van der Waals surface area contributed by atoms with Gasteiger partial charge in [-0.25, -0.2) is 0 Å². The molecular formula is C21H27NO4. The maximum absolute atomic E-state index is 12.0. The second kappa shape index (κ2) is 10.3. The fourth-order valence-electron chi connectivity index (χ4n) is 2.69. The summed E-state index contributed by atoms with van der Waals surface area (Å²) in [5.74, 6) is 2.36. The average molecular weight is 357 g/mol. The molecule has 2 rings (SSSR count). The Balaban J connectivity index is 1.68. The van der Waals surface area contributed by atoms with Crippen LogP contribution in [0.5, 0.6) is 17.2 Å². The number of ether oxygens (including phenoxy) is 3. The molecule has 0 unspecified atom stereocenters. The van der Waals surface area contributed by atoms with Crippen molar-refractivity contribution in [3.05, 3.63) is 53.6 Å². The van der Waals surface area contributed by atoms with Crippen LogP contribution in [0.3, 0.4) is 0 Å². The second-order valence-corrected chi connectivity index (χ2v) is 5.99. The number of carbonyl (C=O) groups is 1. The summed E-state index contributed by atoms with van der Waals surface area (Å²) in [7, 11) is 4.90. The Bertz CT molecular complexity index is 698. The number of methoxy groups -OCH3 is 3. The van der Waals surface area contributed by atoms with Crippen molar-refractivity contribution in [1.82, 2.24) is 5.32 Å². The van der Waals surface area contributed by atoms with Crippen molar-refractivity contribution in [2.24, 2.45) is 0 Å². The number of benzene rings is 2. The van der Waals surface area contributed by atoms with Crippen LogP contribution in [0.2, 0.25) is 0 Å². The molecule has 0 radical (unpaired) electrons. The zero-order valence-electron chi connectivity index (χ0n) is 15.7. The Hall–Kier alpha value is -2.69. The third kappa shape index (κ3) is 5.99. The molecule has 0 atom stereocenters. The normalized spacial score (nSPS) is 10.3. The Morgan fingerprint density at radius 3 is 2.19 bits per heavy atom. The molecule has 0 fully saturated rings. The number of nitrogens with one attached hydrogen (secondary N) is 1. The highest BCUT2D eigenvalue weighted by molar-refractivity contribution is 5.76. The lowest BCUT2D eigenvalue weighted by Gasteiger charge is -2.10. The first-order valence-corrected chi connectivity index (χ1v) is 8.76. The van der Waals surface area contributed by atoms with E-state index in [0.29, 0.717) is 13.0 Å². The largest absolute Gasteiger partial charge is 0.497 e. The van der Waals surface area contributed by atoms with Gasteiger partial charge in [0.1, 0.15) is 5.75 Å².